The largest absolute Gasteiger partial charge is 0.299 e. The Labute approximate surface area is 163 Å². The molecule has 2 aromatic heterocycles. The second-order valence-electron chi connectivity index (χ2n) is 6.65. The van der Waals surface area contributed by atoms with Crippen LogP contribution in [0.4, 0.5) is 0 Å². The molecule has 7 heteroatoms. The highest BCUT2D eigenvalue weighted by Gasteiger charge is 2.24. The number of hydrogen-bond acceptors (Lipinski definition) is 5. The average molecular weight is 381 g/mol. The second kappa shape index (κ2) is 7.58. The molecule has 0 radical (unpaired) electrons. The molecule has 27 heavy (non-hydrogen) atoms. The van der Waals surface area contributed by atoms with Crippen molar-refractivity contribution in [1.82, 2.24) is 24.6 Å². The topological polar surface area (TPSA) is 59.2 Å². The van der Waals surface area contributed by atoms with Crippen LogP contribution >= 0.6 is 11.6 Å². The number of rotatable bonds is 5. The van der Waals surface area contributed by atoms with Gasteiger partial charge in [0.2, 0.25) is 0 Å². The zero-order valence-corrected chi connectivity index (χ0v) is 16.2. The van der Waals surface area contributed by atoms with Crippen LogP contribution in [0, 0.1) is 0 Å². The first kappa shape index (κ1) is 17.8. The fraction of sp³-hybridized carbons (Fsp3) is 0.300. The summed E-state index contributed by atoms with van der Waals surface area (Å²) in [5, 5.41) is 9.50. The summed E-state index contributed by atoms with van der Waals surface area (Å²) in [6.45, 7) is 4.35. The summed E-state index contributed by atoms with van der Waals surface area (Å²) >= 11 is 6.32. The van der Waals surface area contributed by atoms with Gasteiger partial charge in [-0.2, -0.15) is 0 Å². The van der Waals surface area contributed by atoms with Crippen molar-refractivity contribution < 1.29 is 0 Å². The van der Waals surface area contributed by atoms with Gasteiger partial charge < -0.3 is 0 Å². The minimum Gasteiger partial charge on any atom is -0.299 e. The number of nitrogens with zero attached hydrogens (tertiary/aromatic N) is 6. The van der Waals surface area contributed by atoms with E-state index in [1.54, 1.807) is 6.20 Å². The first-order valence-electron chi connectivity index (χ1n) is 9.05. The summed E-state index contributed by atoms with van der Waals surface area (Å²) in [6, 6.07) is 11.7. The normalized spacial score (nSPS) is 13.1. The van der Waals surface area contributed by atoms with E-state index >= 15 is 0 Å². The number of fused-ring (bicyclic) bond motifs is 3. The molecule has 0 N–H and O–H groups in total. The van der Waals surface area contributed by atoms with E-state index in [1.165, 1.54) is 0 Å². The van der Waals surface area contributed by atoms with Gasteiger partial charge in [-0.1, -0.05) is 24.6 Å². The summed E-state index contributed by atoms with van der Waals surface area (Å²) in [4.78, 5) is 11.5. The standard InChI is InChI=1S/C20H21ClN6/c1-3-10-26(2)13-19-25-24-18-12-23-20(16-6-4-5-9-22-16)15-11-14(21)7-8-17(15)27(18)19/h4-9,11H,3,10,12-13H2,1-2H3. The Morgan fingerprint density at radius 2 is 2.07 bits per heavy atom. The van der Waals surface area contributed by atoms with E-state index in [-0.39, 0.29) is 0 Å². The van der Waals surface area contributed by atoms with E-state index in [0.717, 1.165) is 53.8 Å². The predicted molar refractivity (Wildman–Crippen MR) is 107 cm³/mol. The van der Waals surface area contributed by atoms with Gasteiger partial charge in [0.1, 0.15) is 6.54 Å². The predicted octanol–water partition coefficient (Wildman–Crippen LogP) is 3.51. The van der Waals surface area contributed by atoms with E-state index in [9.17, 15) is 0 Å². The Morgan fingerprint density at radius 3 is 2.85 bits per heavy atom. The van der Waals surface area contributed by atoms with Crippen LogP contribution in [0.5, 0.6) is 0 Å². The molecule has 138 valence electrons. The first-order valence-corrected chi connectivity index (χ1v) is 9.43. The molecule has 1 aliphatic heterocycles. The number of hydrogen-bond donors (Lipinski definition) is 0. The summed E-state index contributed by atoms with van der Waals surface area (Å²) in [5.41, 5.74) is 3.58. The van der Waals surface area contributed by atoms with Crippen molar-refractivity contribution in [2.75, 3.05) is 13.6 Å². The second-order valence-corrected chi connectivity index (χ2v) is 7.08. The molecule has 0 saturated heterocycles. The third kappa shape index (κ3) is 3.50. The number of halogens is 1. The van der Waals surface area contributed by atoms with Gasteiger partial charge in [-0.15, -0.1) is 10.2 Å². The van der Waals surface area contributed by atoms with Gasteiger partial charge in [-0.25, -0.2) is 0 Å². The van der Waals surface area contributed by atoms with Crippen LogP contribution in [0.15, 0.2) is 47.6 Å². The molecule has 0 aliphatic carbocycles. The molecule has 3 aromatic rings. The maximum absolute atomic E-state index is 6.32. The van der Waals surface area contributed by atoms with Gasteiger partial charge in [0, 0.05) is 16.8 Å². The van der Waals surface area contributed by atoms with Crippen LogP contribution in [-0.2, 0) is 13.1 Å². The number of aromatic nitrogens is 4. The van der Waals surface area contributed by atoms with E-state index in [1.807, 2.05) is 36.4 Å². The highest BCUT2D eigenvalue weighted by molar-refractivity contribution is 6.31. The van der Waals surface area contributed by atoms with Crippen LogP contribution in [-0.4, -0.2) is 44.0 Å². The molecule has 1 aromatic carbocycles. The van der Waals surface area contributed by atoms with E-state index in [0.29, 0.717) is 11.6 Å². The molecule has 0 unspecified atom stereocenters. The zero-order chi connectivity index (χ0) is 18.8. The van der Waals surface area contributed by atoms with Crippen LogP contribution in [0.1, 0.15) is 36.3 Å². The van der Waals surface area contributed by atoms with Crippen molar-refractivity contribution in [3.8, 4) is 5.69 Å². The molecule has 0 amide bonds. The van der Waals surface area contributed by atoms with Crippen LogP contribution < -0.4 is 0 Å². The van der Waals surface area contributed by atoms with E-state index in [4.69, 9.17) is 16.6 Å². The molecule has 0 saturated carbocycles. The Kier molecular flexibility index (Phi) is 5.01. The highest BCUT2D eigenvalue weighted by atomic mass is 35.5. The van der Waals surface area contributed by atoms with Crippen LogP contribution in [0.2, 0.25) is 5.02 Å². The van der Waals surface area contributed by atoms with Gasteiger partial charge in [-0.05, 0) is 50.3 Å². The first-order chi connectivity index (χ1) is 13.2. The highest BCUT2D eigenvalue weighted by Crippen LogP contribution is 2.28. The minimum atomic E-state index is 0.447. The fourth-order valence-corrected chi connectivity index (χ4v) is 3.56. The SMILES string of the molecule is CCCN(C)Cc1nnc2n1-c1ccc(Cl)cc1C(c1ccccn1)=NC2. The summed E-state index contributed by atoms with van der Waals surface area (Å²) < 4.78 is 2.11. The molecule has 0 fully saturated rings. The Bertz CT molecular complexity index is 979. The summed E-state index contributed by atoms with van der Waals surface area (Å²) in [7, 11) is 2.10. The average Bonchev–Trinajstić information content (AvgIpc) is 2.98. The van der Waals surface area contributed by atoms with Crippen molar-refractivity contribution >= 4 is 17.3 Å². The zero-order valence-electron chi connectivity index (χ0n) is 15.4. The van der Waals surface area contributed by atoms with Gasteiger partial charge in [0.15, 0.2) is 11.6 Å². The van der Waals surface area contributed by atoms with Gasteiger partial charge >= 0.3 is 0 Å². The third-order valence-corrected chi connectivity index (χ3v) is 4.79. The van der Waals surface area contributed by atoms with Gasteiger partial charge in [0.25, 0.3) is 0 Å². The van der Waals surface area contributed by atoms with Gasteiger partial charge in [-0.3, -0.25) is 19.4 Å². The molecular formula is C20H21ClN6. The Balaban J connectivity index is 1.85. The lowest BCUT2D eigenvalue weighted by Crippen LogP contribution is -2.21. The summed E-state index contributed by atoms with van der Waals surface area (Å²) in [6.07, 6.45) is 2.87. The number of aliphatic imine (C=N–C) groups is 1. The fourth-order valence-electron chi connectivity index (χ4n) is 3.39. The molecule has 4 rings (SSSR count). The number of pyridine rings is 1. The minimum absolute atomic E-state index is 0.447. The molecule has 0 bridgehead atoms. The monoisotopic (exact) mass is 380 g/mol. The lowest BCUT2D eigenvalue weighted by molar-refractivity contribution is 0.317. The van der Waals surface area contributed by atoms with E-state index in [2.05, 4.69) is 38.6 Å². The van der Waals surface area contributed by atoms with Crippen molar-refractivity contribution in [3.63, 3.8) is 0 Å². The summed E-state index contributed by atoms with van der Waals surface area (Å²) in [5.74, 6) is 1.73. The quantitative estimate of drug-likeness (QED) is 0.679. The van der Waals surface area contributed by atoms with Crippen LogP contribution in [0.3, 0.4) is 0 Å². The molecule has 6 nitrogen and oxygen atoms in total. The Morgan fingerprint density at radius 1 is 1.19 bits per heavy atom. The lowest BCUT2D eigenvalue weighted by Gasteiger charge is -2.17. The third-order valence-electron chi connectivity index (χ3n) is 4.55. The van der Waals surface area contributed by atoms with Crippen molar-refractivity contribution in [2.24, 2.45) is 4.99 Å². The lowest BCUT2D eigenvalue weighted by atomic mass is 10.0. The maximum atomic E-state index is 6.32. The molecule has 1 aliphatic rings. The van der Waals surface area contributed by atoms with Crippen molar-refractivity contribution in [1.29, 1.82) is 0 Å². The smallest absolute Gasteiger partial charge is 0.159 e. The van der Waals surface area contributed by atoms with E-state index < -0.39 is 0 Å². The molecule has 0 atom stereocenters. The molecule has 3 heterocycles. The molecule has 0 spiro atoms. The van der Waals surface area contributed by atoms with Crippen molar-refractivity contribution in [3.05, 3.63) is 70.5 Å². The van der Waals surface area contributed by atoms with Crippen molar-refractivity contribution in [2.45, 2.75) is 26.4 Å². The number of benzene rings is 1. The molecular weight excluding hydrogens is 360 g/mol. The maximum Gasteiger partial charge on any atom is 0.159 e. The van der Waals surface area contributed by atoms with Gasteiger partial charge in [0.05, 0.1) is 23.6 Å². The van der Waals surface area contributed by atoms with Crippen LogP contribution in [0.25, 0.3) is 5.69 Å². The Hall–Kier alpha value is -2.57.